The molecule has 0 radical (unpaired) electrons. The number of hydrogen-bond donors (Lipinski definition) is 0. The van der Waals surface area contributed by atoms with Crippen molar-refractivity contribution in [3.8, 4) is 11.1 Å². The molecule has 0 nitrogen and oxygen atoms in total. The summed E-state index contributed by atoms with van der Waals surface area (Å²) in [6.45, 7) is 0. The second-order valence-corrected chi connectivity index (χ2v) is 11.1. The molecule has 0 aliphatic heterocycles. The van der Waals surface area contributed by atoms with Crippen LogP contribution in [-0.4, -0.2) is 0 Å². The Hall–Kier alpha value is -2.47. The monoisotopic (exact) mass is 537 g/mol. The van der Waals surface area contributed by atoms with E-state index in [1.165, 1.54) is 27.8 Å². The largest absolute Gasteiger partial charge is 1.00 e. The molecule has 4 aromatic rings. The normalized spacial score (nSPS) is 14.6. The van der Waals surface area contributed by atoms with E-state index in [0.717, 1.165) is 12.8 Å². The van der Waals surface area contributed by atoms with Gasteiger partial charge >= 0.3 is 132 Å². The molecule has 4 aromatic carbocycles. The maximum absolute atomic E-state index is 2.43. The fourth-order valence-electron chi connectivity index (χ4n) is 4.97. The molecule has 1 unspecified atom stereocenters. The van der Waals surface area contributed by atoms with Crippen molar-refractivity contribution in [3.05, 3.63) is 149 Å². The Morgan fingerprint density at radius 1 is 0.706 bits per heavy atom. The van der Waals surface area contributed by atoms with Crippen LogP contribution in [0, 0.1) is 0 Å². The molecule has 34 heavy (non-hydrogen) atoms. The van der Waals surface area contributed by atoms with Gasteiger partial charge in [-0.2, -0.15) is 0 Å². The molecule has 167 valence electrons. The van der Waals surface area contributed by atoms with E-state index < -0.39 is 23.2 Å². The van der Waals surface area contributed by atoms with Gasteiger partial charge in [0.2, 0.25) is 0 Å². The van der Waals surface area contributed by atoms with Crippen molar-refractivity contribution >= 4 is 3.27 Å². The summed E-state index contributed by atoms with van der Waals surface area (Å²) in [6.07, 6.45) is 8.96. The Bertz CT molecular complexity index is 1250. The van der Waals surface area contributed by atoms with Crippen LogP contribution in [0.5, 0.6) is 0 Å². The molecule has 0 spiro atoms. The number of fused-ring (bicyclic) bond motifs is 3. The maximum atomic E-state index is 2.43. The van der Waals surface area contributed by atoms with Gasteiger partial charge in [-0.1, -0.05) is 60.7 Å². The number of allylic oxidation sites excluding steroid dienone is 4. The molecule has 1 atom stereocenters. The minimum atomic E-state index is -0.433. The van der Waals surface area contributed by atoms with E-state index in [9.17, 15) is 0 Å². The molecular weight excluding hydrogens is 511 g/mol. The maximum Gasteiger partial charge on any atom is -0.00258 e. The number of benzene rings is 4. The molecule has 0 saturated heterocycles. The summed E-state index contributed by atoms with van der Waals surface area (Å²) in [5.74, 6) is 0.508. The molecule has 0 N–H and O–H groups in total. The Kier molecular flexibility index (Phi) is 8.55. The summed E-state index contributed by atoms with van der Waals surface area (Å²) in [7, 11) is 0. The van der Waals surface area contributed by atoms with E-state index in [1.54, 1.807) is 14.4 Å². The molecule has 0 aromatic heterocycles. The summed E-state index contributed by atoms with van der Waals surface area (Å²) >= 11 is -0.433. The average Bonchev–Trinajstić information content (AvgIpc) is 3.52. The summed E-state index contributed by atoms with van der Waals surface area (Å²) in [5.41, 5.74) is 10.4. The smallest absolute Gasteiger partial charge is 0.00258 e. The number of hydrogen-bond acceptors (Lipinski definition) is 0. The van der Waals surface area contributed by atoms with Crippen molar-refractivity contribution in [2.24, 2.45) is 0 Å². The van der Waals surface area contributed by atoms with Crippen molar-refractivity contribution in [3.63, 3.8) is 0 Å². The molecule has 0 heterocycles. The van der Waals surface area contributed by atoms with E-state index in [-0.39, 0.29) is 12.4 Å². The van der Waals surface area contributed by atoms with Crippen LogP contribution in [0.15, 0.2) is 127 Å². The van der Waals surface area contributed by atoms with Crippen LogP contribution in [0.3, 0.4) is 0 Å². The molecule has 2 heteroatoms. The Morgan fingerprint density at radius 2 is 1.32 bits per heavy atom. The van der Waals surface area contributed by atoms with E-state index >= 15 is 0 Å². The summed E-state index contributed by atoms with van der Waals surface area (Å²) < 4.78 is 4.10. The molecule has 0 fully saturated rings. The van der Waals surface area contributed by atoms with Gasteiger partial charge < -0.3 is 12.4 Å². The first kappa shape index (κ1) is 24.7. The first-order valence-corrected chi connectivity index (χ1v) is 15.4. The van der Waals surface area contributed by atoms with Gasteiger partial charge in [-0.25, -0.2) is 0 Å². The van der Waals surface area contributed by atoms with Crippen LogP contribution in [0.25, 0.3) is 11.1 Å². The fourth-order valence-corrected chi connectivity index (χ4v) is 6.96. The van der Waals surface area contributed by atoms with E-state index in [4.69, 9.17) is 0 Å². The van der Waals surface area contributed by atoms with Crippen molar-refractivity contribution < 1.29 is 35.6 Å². The van der Waals surface area contributed by atoms with Gasteiger partial charge in [0.05, 0.1) is 0 Å². The molecule has 0 bridgehead atoms. The summed E-state index contributed by atoms with van der Waals surface area (Å²) in [4.78, 5) is 0. The quantitative estimate of drug-likeness (QED) is 0.352. The second-order valence-electron chi connectivity index (χ2n) is 8.56. The molecule has 6 rings (SSSR count). The third kappa shape index (κ3) is 5.27. The Balaban J connectivity index is 0.000000171. The topological polar surface area (TPSA) is 0 Å². The van der Waals surface area contributed by atoms with Crippen molar-refractivity contribution in [1.29, 1.82) is 0 Å². The van der Waals surface area contributed by atoms with Gasteiger partial charge in [0, 0.05) is 0 Å². The zero-order valence-corrected chi connectivity index (χ0v) is 22.6. The molecule has 2 aliphatic carbocycles. The van der Waals surface area contributed by atoms with Gasteiger partial charge in [-0.15, -0.1) is 0 Å². The first-order valence-electron chi connectivity index (χ1n) is 11.7. The van der Waals surface area contributed by atoms with Crippen LogP contribution >= 0.6 is 0 Å². The predicted octanol–water partition coefficient (Wildman–Crippen LogP) is 4.72. The summed E-state index contributed by atoms with van der Waals surface area (Å²) in [6, 6.07) is 37.0. The van der Waals surface area contributed by atoms with Gasteiger partial charge in [0.25, 0.3) is 0 Å². The van der Waals surface area contributed by atoms with Crippen LogP contribution in [-0.2, 0) is 29.7 Å². The minimum Gasteiger partial charge on any atom is -1.00 e. The summed E-state index contributed by atoms with van der Waals surface area (Å²) in [5, 5.41) is 0. The zero-order chi connectivity index (χ0) is 22.5. The van der Waals surface area contributed by atoms with Gasteiger partial charge in [-0.3, -0.25) is 0 Å². The van der Waals surface area contributed by atoms with Gasteiger partial charge in [-0.05, 0) is 17.5 Å². The molecule has 0 saturated carbocycles. The third-order valence-electron chi connectivity index (χ3n) is 6.49. The van der Waals surface area contributed by atoms with Crippen molar-refractivity contribution in [2.75, 3.05) is 0 Å². The van der Waals surface area contributed by atoms with Crippen LogP contribution in [0.1, 0.15) is 34.6 Å². The van der Waals surface area contributed by atoms with E-state index in [2.05, 4.69) is 126 Å². The molecular formula is C32H28ClZr. The van der Waals surface area contributed by atoms with E-state index in [0.29, 0.717) is 5.92 Å². The SMILES string of the molecule is [CH3][Zr+][c]1cccc2c1C(C1=CC=CC1)c1ccccc1-2.[Cl-].c1ccc(Cc2ccccc2)cc1. The van der Waals surface area contributed by atoms with Crippen LogP contribution in [0.2, 0.25) is 4.63 Å². The third-order valence-corrected chi connectivity index (χ3v) is 8.89. The van der Waals surface area contributed by atoms with Gasteiger partial charge in [0.15, 0.2) is 0 Å². The minimum absolute atomic E-state index is 0. The Labute approximate surface area is 221 Å². The number of rotatable bonds is 4. The first-order chi connectivity index (χ1) is 16.3. The van der Waals surface area contributed by atoms with Crippen LogP contribution in [0.4, 0.5) is 0 Å². The van der Waals surface area contributed by atoms with Crippen molar-refractivity contribution in [1.82, 2.24) is 0 Å². The molecule has 2 aliphatic rings. The molecule has 0 amide bonds. The number of halogens is 1. The predicted molar refractivity (Wildman–Crippen MR) is 137 cm³/mol. The van der Waals surface area contributed by atoms with Crippen molar-refractivity contribution in [2.45, 2.75) is 23.4 Å². The Morgan fingerprint density at radius 3 is 1.94 bits per heavy atom. The average molecular weight is 539 g/mol. The standard InChI is InChI=1S/C18H13.C13H12.CH3.ClH.Zr/c1-2-8-13(7-1)18-16-11-5-3-9-14(16)15-10-4-6-12-17(15)18;1-3-7-12(8-4-1)11-13-9-5-2-6-10-13;;;/h1-7,9-11,18H,8H2;1-10H,11H2;1H3;1H;/q;;;;+1/p-1. The fraction of sp³-hybridized carbons (Fsp3) is 0.125. The second kappa shape index (κ2) is 11.8. The van der Waals surface area contributed by atoms with Gasteiger partial charge in [0.1, 0.15) is 0 Å². The van der Waals surface area contributed by atoms with E-state index in [1.807, 2.05) is 0 Å². The zero-order valence-electron chi connectivity index (χ0n) is 19.4. The van der Waals surface area contributed by atoms with Crippen LogP contribution < -0.4 is 15.7 Å².